The van der Waals surface area contributed by atoms with Crippen molar-refractivity contribution in [2.45, 2.75) is 19.3 Å². The van der Waals surface area contributed by atoms with E-state index in [1.54, 1.807) is 0 Å². The smallest absolute Gasteiger partial charge is 0.375 e. The van der Waals surface area contributed by atoms with Crippen molar-refractivity contribution in [1.29, 1.82) is 0 Å². The number of hydrogen-bond acceptors (Lipinski definition) is 4. The summed E-state index contributed by atoms with van der Waals surface area (Å²) in [6, 6.07) is 0. The highest BCUT2D eigenvalue weighted by Gasteiger charge is 2.35. The molecule has 0 heterocycles. The van der Waals surface area contributed by atoms with Gasteiger partial charge >= 0.3 is 5.97 Å². The van der Waals surface area contributed by atoms with Crippen LogP contribution in [0.15, 0.2) is 0 Å². The summed E-state index contributed by atoms with van der Waals surface area (Å²) in [4.78, 5) is 32.8. The Bertz CT molecular complexity index is 231. The number of Topliss-reactive ketones (excluding diaryl/α,β-unsaturated/α-hetero) is 2. The van der Waals surface area contributed by atoms with E-state index in [0.717, 1.165) is 7.11 Å². The van der Waals surface area contributed by atoms with Gasteiger partial charge in [0, 0.05) is 6.42 Å². The molecule has 0 bridgehead atoms. The van der Waals surface area contributed by atoms with Crippen LogP contribution in [-0.2, 0) is 19.1 Å². The molecule has 1 saturated carbocycles. The Morgan fingerprint density at radius 3 is 2.58 bits per heavy atom. The lowest BCUT2D eigenvalue weighted by Crippen LogP contribution is -2.27. The maximum Gasteiger partial charge on any atom is 0.375 e. The number of ketones is 2. The van der Waals surface area contributed by atoms with E-state index in [0.29, 0.717) is 19.3 Å². The van der Waals surface area contributed by atoms with Gasteiger partial charge in [-0.3, -0.25) is 9.59 Å². The SMILES string of the molecule is COC(=O)C(=O)[C@@H]1CCCC1=O. The Labute approximate surface area is 69.9 Å². The van der Waals surface area contributed by atoms with Gasteiger partial charge in [0.15, 0.2) is 0 Å². The van der Waals surface area contributed by atoms with Crippen LogP contribution >= 0.6 is 0 Å². The third-order valence-corrected chi connectivity index (χ3v) is 2.01. The first-order valence-electron chi connectivity index (χ1n) is 3.81. The Morgan fingerprint density at radius 2 is 2.17 bits per heavy atom. The Morgan fingerprint density at radius 1 is 1.50 bits per heavy atom. The van der Waals surface area contributed by atoms with Gasteiger partial charge in [-0.1, -0.05) is 0 Å². The van der Waals surface area contributed by atoms with E-state index in [1.807, 2.05) is 0 Å². The predicted octanol–water partition coefficient (Wildman–Crippen LogP) is 0.0977. The Hall–Kier alpha value is -1.19. The summed E-state index contributed by atoms with van der Waals surface area (Å²) in [6.45, 7) is 0. The molecule has 12 heavy (non-hydrogen) atoms. The highest BCUT2D eigenvalue weighted by atomic mass is 16.5. The maximum atomic E-state index is 11.1. The zero-order valence-corrected chi connectivity index (χ0v) is 6.83. The van der Waals surface area contributed by atoms with E-state index in [2.05, 4.69) is 4.74 Å². The predicted molar refractivity (Wildman–Crippen MR) is 39.4 cm³/mol. The van der Waals surface area contributed by atoms with Gasteiger partial charge in [0.25, 0.3) is 0 Å². The molecule has 1 atom stereocenters. The standard InChI is InChI=1S/C8H10O4/c1-12-8(11)7(10)5-3-2-4-6(5)9/h5H,2-4H2,1H3/t5-/m1/s1. The van der Waals surface area contributed by atoms with Crippen molar-refractivity contribution in [3.63, 3.8) is 0 Å². The van der Waals surface area contributed by atoms with E-state index in [-0.39, 0.29) is 5.78 Å². The van der Waals surface area contributed by atoms with Crippen LogP contribution in [0.4, 0.5) is 0 Å². The Kier molecular flexibility index (Phi) is 2.58. The van der Waals surface area contributed by atoms with Crippen LogP contribution in [0.5, 0.6) is 0 Å². The molecule has 0 amide bonds. The van der Waals surface area contributed by atoms with Crippen molar-refractivity contribution in [3.8, 4) is 0 Å². The summed E-state index contributed by atoms with van der Waals surface area (Å²) < 4.78 is 4.23. The summed E-state index contributed by atoms with van der Waals surface area (Å²) in [5.74, 6) is -2.46. The second-order valence-electron chi connectivity index (χ2n) is 2.77. The van der Waals surface area contributed by atoms with Gasteiger partial charge in [0.1, 0.15) is 5.78 Å². The number of hydrogen-bond donors (Lipinski definition) is 0. The molecule has 0 aromatic carbocycles. The summed E-state index contributed by atoms with van der Waals surface area (Å²) in [5, 5.41) is 0. The summed E-state index contributed by atoms with van der Waals surface area (Å²) in [7, 11) is 1.14. The summed E-state index contributed by atoms with van der Waals surface area (Å²) >= 11 is 0. The molecule has 0 radical (unpaired) electrons. The first-order valence-corrected chi connectivity index (χ1v) is 3.81. The number of ether oxygens (including phenoxy) is 1. The minimum Gasteiger partial charge on any atom is -0.463 e. The molecule has 4 nitrogen and oxygen atoms in total. The molecule has 1 fully saturated rings. The second kappa shape index (κ2) is 3.47. The van der Waals surface area contributed by atoms with Gasteiger partial charge in [-0.05, 0) is 12.8 Å². The molecule has 0 saturated heterocycles. The van der Waals surface area contributed by atoms with Crippen LogP contribution in [0.1, 0.15) is 19.3 Å². The lowest BCUT2D eigenvalue weighted by atomic mass is 10.0. The fourth-order valence-corrected chi connectivity index (χ4v) is 1.34. The zero-order chi connectivity index (χ0) is 9.14. The average molecular weight is 170 g/mol. The van der Waals surface area contributed by atoms with Crippen LogP contribution in [0.2, 0.25) is 0 Å². The molecule has 0 aromatic heterocycles. The largest absolute Gasteiger partial charge is 0.463 e. The molecule has 66 valence electrons. The van der Waals surface area contributed by atoms with Crippen molar-refractivity contribution < 1.29 is 19.1 Å². The van der Waals surface area contributed by atoms with Crippen LogP contribution in [0.25, 0.3) is 0 Å². The van der Waals surface area contributed by atoms with Gasteiger partial charge in [-0.15, -0.1) is 0 Å². The van der Waals surface area contributed by atoms with E-state index in [1.165, 1.54) is 0 Å². The first kappa shape index (κ1) is 8.90. The summed E-state index contributed by atoms with van der Waals surface area (Å²) in [5.41, 5.74) is 0. The van der Waals surface area contributed by atoms with Crippen molar-refractivity contribution in [1.82, 2.24) is 0 Å². The van der Waals surface area contributed by atoms with E-state index < -0.39 is 17.7 Å². The molecular weight excluding hydrogens is 160 g/mol. The van der Waals surface area contributed by atoms with Crippen molar-refractivity contribution in [2.24, 2.45) is 5.92 Å². The van der Waals surface area contributed by atoms with Crippen LogP contribution in [0, 0.1) is 5.92 Å². The first-order chi connectivity index (χ1) is 5.66. The molecule has 0 spiro atoms. The van der Waals surface area contributed by atoms with Gasteiger partial charge < -0.3 is 4.74 Å². The van der Waals surface area contributed by atoms with Gasteiger partial charge in [0.2, 0.25) is 5.78 Å². The molecule has 1 aliphatic rings. The highest BCUT2D eigenvalue weighted by molar-refractivity contribution is 6.38. The molecule has 1 aliphatic carbocycles. The average Bonchev–Trinajstić information content (AvgIpc) is 2.48. The second-order valence-corrected chi connectivity index (χ2v) is 2.77. The monoisotopic (exact) mass is 170 g/mol. The molecule has 0 N–H and O–H groups in total. The number of carbonyl (C=O) groups excluding carboxylic acids is 3. The van der Waals surface area contributed by atoms with Gasteiger partial charge in [-0.2, -0.15) is 0 Å². The zero-order valence-electron chi connectivity index (χ0n) is 6.83. The third kappa shape index (κ3) is 1.52. The molecule has 0 unspecified atom stereocenters. The third-order valence-electron chi connectivity index (χ3n) is 2.01. The number of esters is 1. The van der Waals surface area contributed by atoms with E-state index in [9.17, 15) is 14.4 Å². The minimum absolute atomic E-state index is 0.134. The minimum atomic E-state index is -0.907. The fraction of sp³-hybridized carbons (Fsp3) is 0.625. The van der Waals surface area contributed by atoms with Crippen molar-refractivity contribution in [3.05, 3.63) is 0 Å². The topological polar surface area (TPSA) is 60.4 Å². The van der Waals surface area contributed by atoms with Crippen LogP contribution < -0.4 is 0 Å². The molecule has 0 aliphatic heterocycles. The van der Waals surface area contributed by atoms with Crippen molar-refractivity contribution in [2.75, 3.05) is 7.11 Å². The summed E-state index contributed by atoms with van der Waals surface area (Å²) in [6.07, 6.45) is 1.60. The van der Waals surface area contributed by atoms with Gasteiger partial charge in [0.05, 0.1) is 13.0 Å². The normalized spacial score (nSPS) is 22.4. The molecule has 1 rings (SSSR count). The molecular formula is C8H10O4. The fourth-order valence-electron chi connectivity index (χ4n) is 1.34. The Balaban J connectivity index is 2.63. The molecule has 4 heteroatoms. The quantitative estimate of drug-likeness (QED) is 0.335. The maximum absolute atomic E-state index is 11.1. The molecule has 0 aromatic rings. The number of methoxy groups -OCH3 is 1. The van der Waals surface area contributed by atoms with Crippen molar-refractivity contribution >= 4 is 17.5 Å². The van der Waals surface area contributed by atoms with Crippen LogP contribution in [-0.4, -0.2) is 24.6 Å². The highest BCUT2D eigenvalue weighted by Crippen LogP contribution is 2.22. The van der Waals surface area contributed by atoms with Crippen LogP contribution in [0.3, 0.4) is 0 Å². The van der Waals surface area contributed by atoms with E-state index in [4.69, 9.17) is 0 Å². The van der Waals surface area contributed by atoms with Gasteiger partial charge in [-0.25, -0.2) is 4.79 Å². The lowest BCUT2D eigenvalue weighted by molar-refractivity contribution is -0.154. The number of carbonyl (C=O) groups is 3. The van der Waals surface area contributed by atoms with E-state index >= 15 is 0 Å². The number of rotatable bonds is 2. The lowest BCUT2D eigenvalue weighted by Gasteiger charge is -2.03.